The molecular formula is C12H14BrFN2O. The largest absolute Gasteiger partial charge is 0.341 e. The van der Waals surface area contributed by atoms with Crippen LogP contribution in [-0.2, 0) is 4.79 Å². The zero-order valence-corrected chi connectivity index (χ0v) is 10.9. The molecule has 3 nitrogen and oxygen atoms in total. The molecule has 2 rings (SSSR count). The molecule has 0 aliphatic carbocycles. The van der Waals surface area contributed by atoms with E-state index >= 15 is 0 Å². The maximum Gasteiger partial charge on any atom is 0.244 e. The van der Waals surface area contributed by atoms with Gasteiger partial charge in [0.1, 0.15) is 11.9 Å². The van der Waals surface area contributed by atoms with Crippen LogP contribution in [0.2, 0.25) is 0 Å². The molecule has 1 aliphatic rings. The van der Waals surface area contributed by atoms with Crippen LogP contribution < -0.4 is 5.73 Å². The second-order valence-corrected chi connectivity index (χ2v) is 5.09. The van der Waals surface area contributed by atoms with Crippen molar-refractivity contribution in [1.29, 1.82) is 0 Å². The van der Waals surface area contributed by atoms with Gasteiger partial charge in [-0.05, 0) is 31.0 Å². The lowest BCUT2D eigenvalue weighted by molar-refractivity contribution is -0.131. The molecule has 0 radical (unpaired) electrons. The zero-order valence-electron chi connectivity index (χ0n) is 9.33. The van der Waals surface area contributed by atoms with E-state index in [0.29, 0.717) is 0 Å². The second-order valence-electron chi connectivity index (χ2n) is 4.18. The predicted octanol–water partition coefficient (Wildman–Crippen LogP) is 2.21. The van der Waals surface area contributed by atoms with Gasteiger partial charge in [-0.3, -0.25) is 4.79 Å². The van der Waals surface area contributed by atoms with Crippen molar-refractivity contribution in [2.24, 2.45) is 5.73 Å². The maximum atomic E-state index is 13.6. The van der Waals surface area contributed by atoms with Crippen LogP contribution in [0.25, 0.3) is 0 Å². The monoisotopic (exact) mass is 300 g/mol. The third-order valence-electron chi connectivity index (χ3n) is 2.98. The Morgan fingerprint density at radius 1 is 1.41 bits per heavy atom. The minimum atomic E-state index is -0.911. The quantitative estimate of drug-likeness (QED) is 0.910. The minimum absolute atomic E-state index is 0.195. The van der Waals surface area contributed by atoms with E-state index in [4.69, 9.17) is 5.73 Å². The van der Waals surface area contributed by atoms with E-state index in [0.717, 1.165) is 30.4 Å². The van der Waals surface area contributed by atoms with E-state index in [1.807, 2.05) is 0 Å². The van der Waals surface area contributed by atoms with Gasteiger partial charge in [-0.2, -0.15) is 0 Å². The summed E-state index contributed by atoms with van der Waals surface area (Å²) >= 11 is 3.25. The standard InChI is InChI=1S/C12H14BrFN2O/c13-8-3-4-10(14)9(7-8)11(15)12(17)16-5-1-2-6-16/h3-4,7,11H,1-2,5-6,15H2. The molecule has 1 aromatic rings. The SMILES string of the molecule is NC(C(=O)N1CCCC1)c1cc(Br)ccc1F. The van der Waals surface area contributed by atoms with Crippen LogP contribution in [0.15, 0.2) is 22.7 Å². The van der Waals surface area contributed by atoms with Crippen LogP contribution in [0, 0.1) is 5.82 Å². The number of nitrogens with zero attached hydrogens (tertiary/aromatic N) is 1. The lowest BCUT2D eigenvalue weighted by Gasteiger charge is -2.20. The van der Waals surface area contributed by atoms with Gasteiger partial charge in [0.05, 0.1) is 0 Å². The molecule has 5 heteroatoms. The maximum absolute atomic E-state index is 13.6. The zero-order chi connectivity index (χ0) is 12.4. The molecule has 1 atom stereocenters. The van der Waals surface area contributed by atoms with Gasteiger partial charge in [0.2, 0.25) is 5.91 Å². The van der Waals surface area contributed by atoms with Crippen molar-refractivity contribution < 1.29 is 9.18 Å². The van der Waals surface area contributed by atoms with Gasteiger partial charge in [-0.1, -0.05) is 15.9 Å². The van der Waals surface area contributed by atoms with Crippen LogP contribution in [-0.4, -0.2) is 23.9 Å². The van der Waals surface area contributed by atoms with Crippen molar-refractivity contribution in [2.45, 2.75) is 18.9 Å². The summed E-state index contributed by atoms with van der Waals surface area (Å²) in [6.45, 7) is 1.45. The van der Waals surface area contributed by atoms with E-state index < -0.39 is 11.9 Å². The fourth-order valence-electron chi connectivity index (χ4n) is 2.02. The number of halogens is 2. The number of carbonyl (C=O) groups is 1. The summed E-state index contributed by atoms with van der Waals surface area (Å²) in [4.78, 5) is 13.7. The molecule has 92 valence electrons. The first-order chi connectivity index (χ1) is 8.09. The van der Waals surface area contributed by atoms with Crippen molar-refractivity contribution >= 4 is 21.8 Å². The summed E-state index contributed by atoms with van der Waals surface area (Å²) in [6.07, 6.45) is 2.00. The van der Waals surface area contributed by atoms with Crippen molar-refractivity contribution in [3.63, 3.8) is 0 Å². The van der Waals surface area contributed by atoms with Crippen LogP contribution in [0.4, 0.5) is 4.39 Å². The topological polar surface area (TPSA) is 46.3 Å². The Morgan fingerprint density at radius 3 is 2.71 bits per heavy atom. The third-order valence-corrected chi connectivity index (χ3v) is 3.47. The van der Waals surface area contributed by atoms with Gasteiger partial charge in [-0.15, -0.1) is 0 Å². The lowest BCUT2D eigenvalue weighted by atomic mass is 10.1. The molecule has 1 aromatic carbocycles. The van der Waals surface area contributed by atoms with E-state index in [-0.39, 0.29) is 11.5 Å². The van der Waals surface area contributed by atoms with Crippen molar-refractivity contribution in [1.82, 2.24) is 4.90 Å². The molecule has 0 spiro atoms. The number of rotatable bonds is 2. The van der Waals surface area contributed by atoms with E-state index in [1.54, 1.807) is 17.0 Å². The first kappa shape index (κ1) is 12.5. The summed E-state index contributed by atoms with van der Waals surface area (Å²) < 4.78 is 14.3. The Balaban J connectivity index is 2.20. The van der Waals surface area contributed by atoms with Crippen LogP contribution >= 0.6 is 15.9 Å². The van der Waals surface area contributed by atoms with Crippen LogP contribution in [0.1, 0.15) is 24.4 Å². The van der Waals surface area contributed by atoms with Gasteiger partial charge in [0, 0.05) is 23.1 Å². The normalized spacial score (nSPS) is 17.2. The van der Waals surface area contributed by atoms with Crippen LogP contribution in [0.5, 0.6) is 0 Å². The molecule has 1 fully saturated rings. The second kappa shape index (κ2) is 5.14. The molecule has 1 aliphatic heterocycles. The van der Waals surface area contributed by atoms with Crippen molar-refractivity contribution in [2.75, 3.05) is 13.1 Å². The average Bonchev–Trinajstić information content (AvgIpc) is 2.84. The Morgan fingerprint density at radius 2 is 2.06 bits per heavy atom. The molecule has 2 N–H and O–H groups in total. The van der Waals surface area contributed by atoms with Crippen molar-refractivity contribution in [3.05, 3.63) is 34.1 Å². The summed E-state index contributed by atoms with van der Waals surface area (Å²) in [5, 5.41) is 0. The Kier molecular flexibility index (Phi) is 3.79. The van der Waals surface area contributed by atoms with Crippen LogP contribution in [0.3, 0.4) is 0 Å². The molecule has 1 saturated heterocycles. The Labute approximate surface area is 108 Å². The van der Waals surface area contributed by atoms with Gasteiger partial charge in [0.25, 0.3) is 0 Å². The average molecular weight is 301 g/mol. The molecule has 17 heavy (non-hydrogen) atoms. The number of hydrogen-bond donors (Lipinski definition) is 1. The number of hydrogen-bond acceptors (Lipinski definition) is 2. The van der Waals surface area contributed by atoms with Gasteiger partial charge >= 0.3 is 0 Å². The summed E-state index contributed by atoms with van der Waals surface area (Å²) in [5.74, 6) is -0.632. The molecular weight excluding hydrogens is 287 g/mol. The lowest BCUT2D eigenvalue weighted by Crippen LogP contribution is -2.36. The Hall–Kier alpha value is -0.940. The predicted molar refractivity (Wildman–Crippen MR) is 66.8 cm³/mol. The fraction of sp³-hybridized carbons (Fsp3) is 0.417. The van der Waals surface area contributed by atoms with Gasteiger partial charge in [0.15, 0.2) is 0 Å². The van der Waals surface area contributed by atoms with Crippen molar-refractivity contribution in [3.8, 4) is 0 Å². The molecule has 0 aromatic heterocycles. The van der Waals surface area contributed by atoms with E-state index in [2.05, 4.69) is 15.9 Å². The number of benzene rings is 1. The highest BCUT2D eigenvalue weighted by Gasteiger charge is 2.26. The molecule has 0 bridgehead atoms. The first-order valence-corrected chi connectivity index (χ1v) is 6.38. The molecule has 1 heterocycles. The minimum Gasteiger partial charge on any atom is -0.341 e. The number of nitrogens with two attached hydrogens (primary N) is 1. The third kappa shape index (κ3) is 2.66. The summed E-state index contributed by atoms with van der Waals surface area (Å²) in [6, 6.07) is 3.56. The number of carbonyl (C=O) groups excluding carboxylic acids is 1. The highest BCUT2D eigenvalue weighted by Crippen LogP contribution is 2.23. The smallest absolute Gasteiger partial charge is 0.244 e. The first-order valence-electron chi connectivity index (χ1n) is 5.59. The fourth-order valence-corrected chi connectivity index (χ4v) is 2.40. The van der Waals surface area contributed by atoms with E-state index in [1.165, 1.54) is 6.07 Å². The molecule has 1 unspecified atom stereocenters. The molecule has 1 amide bonds. The van der Waals surface area contributed by atoms with Gasteiger partial charge in [-0.25, -0.2) is 4.39 Å². The number of amides is 1. The summed E-state index contributed by atoms with van der Waals surface area (Å²) in [5.41, 5.74) is 6.08. The molecule has 0 saturated carbocycles. The van der Waals surface area contributed by atoms with Gasteiger partial charge < -0.3 is 10.6 Å². The Bertz CT molecular complexity index is 433. The summed E-state index contributed by atoms with van der Waals surface area (Å²) in [7, 11) is 0. The highest BCUT2D eigenvalue weighted by molar-refractivity contribution is 9.10. The highest BCUT2D eigenvalue weighted by atomic mass is 79.9. The number of likely N-dealkylation sites (tertiary alicyclic amines) is 1. The van der Waals surface area contributed by atoms with E-state index in [9.17, 15) is 9.18 Å².